The van der Waals surface area contributed by atoms with Crippen LogP contribution in [-0.2, 0) is 9.59 Å². The van der Waals surface area contributed by atoms with Gasteiger partial charge in [0.2, 0.25) is 11.8 Å². The van der Waals surface area contributed by atoms with Crippen LogP contribution in [0.5, 0.6) is 0 Å². The highest BCUT2D eigenvalue weighted by atomic mass is 16.3. The number of rotatable bonds is 3. The van der Waals surface area contributed by atoms with Gasteiger partial charge in [0, 0.05) is 23.6 Å². The fourth-order valence-corrected chi connectivity index (χ4v) is 3.27. The average Bonchev–Trinajstić information content (AvgIpc) is 2.70. The van der Waals surface area contributed by atoms with E-state index < -0.39 is 17.9 Å². The molecule has 1 aliphatic rings. The third kappa shape index (κ3) is 3.80. The van der Waals surface area contributed by atoms with Gasteiger partial charge in [-0.1, -0.05) is 23.8 Å². The number of fused-ring (bicyclic) bond motifs is 1. The predicted octanol–water partition coefficient (Wildman–Crippen LogP) is 2.30. The normalized spacial score (nSPS) is 16.5. The zero-order chi connectivity index (χ0) is 20.5. The largest absolute Gasteiger partial charge is 0.456 e. The molecule has 1 aliphatic heterocycles. The maximum absolute atomic E-state index is 12.4. The van der Waals surface area contributed by atoms with E-state index in [0.29, 0.717) is 27.9 Å². The molecule has 2 N–H and O–H groups in total. The fraction of sp³-hybridized carbons (Fsp3) is 0.182. The Kier molecular flexibility index (Phi) is 4.72. The molecule has 7 nitrogen and oxygen atoms in total. The second-order valence-corrected chi connectivity index (χ2v) is 7.03. The van der Waals surface area contributed by atoms with E-state index >= 15 is 0 Å². The first kappa shape index (κ1) is 18.6. The number of nitrogens with one attached hydrogen (secondary N) is 2. The minimum Gasteiger partial charge on any atom is -0.456 e. The Balaban J connectivity index is 1.55. The molecule has 1 atom stereocenters. The van der Waals surface area contributed by atoms with Crippen molar-refractivity contribution in [2.75, 3.05) is 0 Å². The van der Waals surface area contributed by atoms with E-state index in [0.717, 1.165) is 5.56 Å². The van der Waals surface area contributed by atoms with Gasteiger partial charge in [0.25, 0.3) is 5.91 Å². The Morgan fingerprint density at radius 1 is 1.07 bits per heavy atom. The summed E-state index contributed by atoms with van der Waals surface area (Å²) in [5, 5.41) is 5.35. The SMILES string of the molecule is Cc1ccc2oc(-c3ccc(C(=O)NC4CCC(=O)NC4=O)cc3)cc(=O)c2c1. The second-order valence-electron chi connectivity index (χ2n) is 7.03. The van der Waals surface area contributed by atoms with E-state index in [9.17, 15) is 19.2 Å². The molecular weight excluding hydrogens is 372 g/mol. The molecule has 2 aromatic carbocycles. The van der Waals surface area contributed by atoms with Crippen LogP contribution in [0.1, 0.15) is 28.8 Å². The van der Waals surface area contributed by atoms with Crippen molar-refractivity contribution in [3.05, 3.63) is 69.9 Å². The minimum absolute atomic E-state index is 0.135. The Labute approximate surface area is 165 Å². The van der Waals surface area contributed by atoms with Gasteiger partial charge >= 0.3 is 0 Å². The number of hydrogen-bond acceptors (Lipinski definition) is 5. The summed E-state index contributed by atoms with van der Waals surface area (Å²) >= 11 is 0. The number of imide groups is 1. The van der Waals surface area contributed by atoms with Crippen LogP contribution in [0.4, 0.5) is 0 Å². The molecule has 4 rings (SSSR count). The summed E-state index contributed by atoms with van der Waals surface area (Å²) in [7, 11) is 0. The summed E-state index contributed by atoms with van der Waals surface area (Å²) in [4.78, 5) is 47.8. The molecule has 0 saturated carbocycles. The summed E-state index contributed by atoms with van der Waals surface area (Å²) < 4.78 is 5.84. The van der Waals surface area contributed by atoms with Gasteiger partial charge in [-0.3, -0.25) is 24.5 Å². The molecule has 0 radical (unpaired) electrons. The van der Waals surface area contributed by atoms with E-state index in [1.165, 1.54) is 6.07 Å². The topological polar surface area (TPSA) is 105 Å². The molecular formula is C22H18N2O5. The Bertz CT molecular complexity index is 1190. The number of piperidine rings is 1. The molecule has 0 spiro atoms. The molecule has 1 fully saturated rings. The van der Waals surface area contributed by atoms with Crippen molar-refractivity contribution in [1.29, 1.82) is 0 Å². The molecule has 2 heterocycles. The zero-order valence-corrected chi connectivity index (χ0v) is 15.7. The van der Waals surface area contributed by atoms with Crippen LogP contribution >= 0.6 is 0 Å². The standard InChI is InChI=1S/C22H18N2O5/c1-12-2-8-18-15(10-12)17(25)11-19(29-18)13-3-5-14(6-4-13)21(27)23-16-7-9-20(26)24-22(16)28/h2-6,8,10-11,16H,7,9H2,1H3,(H,23,27)(H,24,26,28). The van der Waals surface area contributed by atoms with E-state index in [2.05, 4.69) is 10.6 Å². The first-order chi connectivity index (χ1) is 13.9. The maximum Gasteiger partial charge on any atom is 0.251 e. The number of hydrogen-bond donors (Lipinski definition) is 2. The van der Waals surface area contributed by atoms with Crippen molar-refractivity contribution < 1.29 is 18.8 Å². The molecule has 146 valence electrons. The molecule has 0 bridgehead atoms. The van der Waals surface area contributed by atoms with Crippen LogP contribution < -0.4 is 16.1 Å². The molecule has 1 aromatic heterocycles. The van der Waals surface area contributed by atoms with Crippen LogP contribution in [0, 0.1) is 6.92 Å². The number of carbonyl (C=O) groups excluding carboxylic acids is 3. The van der Waals surface area contributed by atoms with Crippen LogP contribution in [0.25, 0.3) is 22.3 Å². The quantitative estimate of drug-likeness (QED) is 0.668. The molecule has 3 amide bonds. The molecule has 7 heteroatoms. The lowest BCUT2D eigenvalue weighted by atomic mass is 10.0. The second kappa shape index (κ2) is 7.35. The maximum atomic E-state index is 12.4. The highest BCUT2D eigenvalue weighted by Gasteiger charge is 2.28. The lowest BCUT2D eigenvalue weighted by Crippen LogP contribution is -2.52. The molecule has 29 heavy (non-hydrogen) atoms. The molecule has 3 aromatic rings. The number of aryl methyl sites for hydroxylation is 1. The van der Waals surface area contributed by atoms with Gasteiger partial charge in [-0.05, 0) is 37.6 Å². The third-order valence-electron chi connectivity index (χ3n) is 4.86. The lowest BCUT2D eigenvalue weighted by molar-refractivity contribution is -0.134. The van der Waals surface area contributed by atoms with Crippen molar-refractivity contribution in [3.63, 3.8) is 0 Å². The molecule has 0 aliphatic carbocycles. The first-order valence-corrected chi connectivity index (χ1v) is 9.20. The highest BCUT2D eigenvalue weighted by Crippen LogP contribution is 2.23. The van der Waals surface area contributed by atoms with E-state index in [4.69, 9.17) is 4.42 Å². The highest BCUT2D eigenvalue weighted by molar-refractivity contribution is 6.03. The van der Waals surface area contributed by atoms with Gasteiger partial charge in [-0.15, -0.1) is 0 Å². The molecule has 1 saturated heterocycles. The predicted molar refractivity (Wildman–Crippen MR) is 106 cm³/mol. The number of benzene rings is 2. The van der Waals surface area contributed by atoms with Gasteiger partial charge in [0.1, 0.15) is 17.4 Å². The van der Waals surface area contributed by atoms with Gasteiger partial charge in [-0.25, -0.2) is 0 Å². The smallest absolute Gasteiger partial charge is 0.251 e. The summed E-state index contributed by atoms with van der Waals surface area (Å²) in [5.41, 5.74) is 2.35. The summed E-state index contributed by atoms with van der Waals surface area (Å²) in [6.07, 6.45) is 0.465. The molecule has 1 unspecified atom stereocenters. The van der Waals surface area contributed by atoms with Gasteiger partial charge in [-0.2, -0.15) is 0 Å². The van der Waals surface area contributed by atoms with Crippen molar-refractivity contribution in [1.82, 2.24) is 10.6 Å². The number of carbonyl (C=O) groups is 3. The fourth-order valence-electron chi connectivity index (χ4n) is 3.27. The third-order valence-corrected chi connectivity index (χ3v) is 4.86. The van der Waals surface area contributed by atoms with E-state index in [1.54, 1.807) is 36.4 Å². The summed E-state index contributed by atoms with van der Waals surface area (Å²) in [5.74, 6) is -0.846. The number of amides is 3. The average molecular weight is 390 g/mol. The summed E-state index contributed by atoms with van der Waals surface area (Å²) in [6, 6.07) is 12.7. The van der Waals surface area contributed by atoms with Crippen LogP contribution in [0.15, 0.2) is 57.7 Å². The first-order valence-electron chi connectivity index (χ1n) is 9.20. The van der Waals surface area contributed by atoms with Crippen LogP contribution in [0.2, 0.25) is 0 Å². The Morgan fingerprint density at radius 3 is 2.55 bits per heavy atom. The van der Waals surface area contributed by atoms with Crippen molar-refractivity contribution >= 4 is 28.7 Å². The van der Waals surface area contributed by atoms with Gasteiger partial charge in [0.15, 0.2) is 5.43 Å². The monoisotopic (exact) mass is 390 g/mol. The van der Waals surface area contributed by atoms with Crippen molar-refractivity contribution in [2.24, 2.45) is 0 Å². The Morgan fingerprint density at radius 2 is 1.83 bits per heavy atom. The lowest BCUT2D eigenvalue weighted by Gasteiger charge is -2.21. The minimum atomic E-state index is -0.734. The van der Waals surface area contributed by atoms with E-state index in [-0.39, 0.29) is 24.2 Å². The van der Waals surface area contributed by atoms with Gasteiger partial charge in [0.05, 0.1) is 5.39 Å². The van der Waals surface area contributed by atoms with E-state index in [1.807, 2.05) is 13.0 Å². The van der Waals surface area contributed by atoms with Gasteiger partial charge < -0.3 is 9.73 Å². The zero-order valence-electron chi connectivity index (χ0n) is 15.7. The van der Waals surface area contributed by atoms with Crippen molar-refractivity contribution in [3.8, 4) is 11.3 Å². The van der Waals surface area contributed by atoms with Crippen molar-refractivity contribution in [2.45, 2.75) is 25.8 Å². The Hall–Kier alpha value is -3.74. The van der Waals surface area contributed by atoms with Crippen LogP contribution in [0.3, 0.4) is 0 Å². The summed E-state index contributed by atoms with van der Waals surface area (Å²) in [6.45, 7) is 1.91. The van der Waals surface area contributed by atoms with Crippen LogP contribution in [-0.4, -0.2) is 23.8 Å².